The molecule has 23 heavy (non-hydrogen) atoms. The first kappa shape index (κ1) is 16.1. The SMILES string of the molecule is OCCC(NCc1noc(C2CCOCC2)n1)c1ccccc1. The Morgan fingerprint density at radius 1 is 1.22 bits per heavy atom. The van der Waals surface area contributed by atoms with E-state index in [1.54, 1.807) is 0 Å². The number of nitrogens with one attached hydrogen (secondary N) is 1. The molecule has 0 spiro atoms. The molecule has 0 radical (unpaired) electrons. The molecule has 124 valence electrons. The zero-order chi connectivity index (χ0) is 15.9. The zero-order valence-corrected chi connectivity index (χ0v) is 13.1. The van der Waals surface area contributed by atoms with E-state index in [0.29, 0.717) is 30.6 Å². The molecule has 6 nitrogen and oxygen atoms in total. The molecule has 1 aliphatic heterocycles. The lowest BCUT2D eigenvalue weighted by Crippen LogP contribution is -2.22. The van der Waals surface area contributed by atoms with Gasteiger partial charge in [0.2, 0.25) is 5.89 Å². The fraction of sp³-hybridized carbons (Fsp3) is 0.529. The Labute approximate surface area is 135 Å². The van der Waals surface area contributed by atoms with Crippen molar-refractivity contribution in [3.8, 4) is 0 Å². The Balaban J connectivity index is 1.59. The second-order valence-corrected chi connectivity index (χ2v) is 5.79. The van der Waals surface area contributed by atoms with Gasteiger partial charge in [-0.3, -0.25) is 0 Å². The van der Waals surface area contributed by atoms with Crippen LogP contribution < -0.4 is 5.32 Å². The van der Waals surface area contributed by atoms with E-state index in [-0.39, 0.29) is 12.6 Å². The van der Waals surface area contributed by atoms with Crippen molar-refractivity contribution in [2.24, 2.45) is 0 Å². The first-order valence-corrected chi connectivity index (χ1v) is 8.16. The van der Waals surface area contributed by atoms with Crippen LogP contribution in [0.4, 0.5) is 0 Å². The molecule has 2 aromatic rings. The number of benzene rings is 1. The van der Waals surface area contributed by atoms with E-state index in [1.807, 2.05) is 18.2 Å². The van der Waals surface area contributed by atoms with Crippen LogP contribution in [-0.2, 0) is 11.3 Å². The van der Waals surface area contributed by atoms with Gasteiger partial charge in [-0.15, -0.1) is 0 Å². The summed E-state index contributed by atoms with van der Waals surface area (Å²) in [5, 5.41) is 16.7. The van der Waals surface area contributed by atoms with Crippen LogP contribution in [0.5, 0.6) is 0 Å². The van der Waals surface area contributed by atoms with Crippen LogP contribution in [-0.4, -0.2) is 35.1 Å². The predicted molar refractivity (Wildman–Crippen MR) is 84.8 cm³/mol. The average molecular weight is 317 g/mol. The van der Waals surface area contributed by atoms with Crippen molar-refractivity contribution in [1.29, 1.82) is 0 Å². The molecule has 1 aromatic heterocycles. The number of hydrogen-bond acceptors (Lipinski definition) is 6. The molecular formula is C17H23N3O3. The van der Waals surface area contributed by atoms with E-state index in [0.717, 1.165) is 31.6 Å². The van der Waals surface area contributed by atoms with Crippen LogP contribution in [0.1, 0.15) is 48.5 Å². The van der Waals surface area contributed by atoms with E-state index >= 15 is 0 Å². The molecule has 0 saturated carbocycles. The normalized spacial score (nSPS) is 17.3. The first-order chi connectivity index (χ1) is 11.4. The number of nitrogens with zero attached hydrogens (tertiary/aromatic N) is 2. The molecule has 0 aliphatic carbocycles. The Bertz CT molecular complexity index is 582. The van der Waals surface area contributed by atoms with Crippen molar-refractivity contribution in [3.63, 3.8) is 0 Å². The van der Waals surface area contributed by atoms with Crippen molar-refractivity contribution in [2.75, 3.05) is 19.8 Å². The highest BCUT2D eigenvalue weighted by atomic mass is 16.5. The molecule has 0 bridgehead atoms. The molecule has 1 saturated heterocycles. The molecule has 1 aliphatic rings. The summed E-state index contributed by atoms with van der Waals surface area (Å²) >= 11 is 0. The lowest BCUT2D eigenvalue weighted by Gasteiger charge is -2.18. The standard InChI is InChI=1S/C17H23N3O3/c21-9-6-15(13-4-2-1-3-5-13)18-12-16-19-17(23-20-16)14-7-10-22-11-8-14/h1-5,14-15,18,21H,6-12H2. The predicted octanol–water partition coefficient (Wildman–Crippen LogP) is 2.18. The summed E-state index contributed by atoms with van der Waals surface area (Å²) < 4.78 is 10.8. The summed E-state index contributed by atoms with van der Waals surface area (Å²) in [6, 6.07) is 10.2. The van der Waals surface area contributed by atoms with E-state index in [4.69, 9.17) is 9.26 Å². The topological polar surface area (TPSA) is 80.4 Å². The van der Waals surface area contributed by atoms with E-state index in [1.165, 1.54) is 0 Å². The highest BCUT2D eigenvalue weighted by Gasteiger charge is 2.22. The largest absolute Gasteiger partial charge is 0.396 e. The van der Waals surface area contributed by atoms with Gasteiger partial charge in [0.1, 0.15) is 0 Å². The quantitative estimate of drug-likeness (QED) is 0.815. The number of rotatable bonds is 7. The molecule has 6 heteroatoms. The fourth-order valence-corrected chi connectivity index (χ4v) is 2.87. The van der Waals surface area contributed by atoms with Gasteiger partial charge in [0, 0.05) is 31.8 Å². The molecule has 1 aromatic carbocycles. The second-order valence-electron chi connectivity index (χ2n) is 5.79. The van der Waals surface area contributed by atoms with Crippen molar-refractivity contribution in [2.45, 2.75) is 37.8 Å². The minimum Gasteiger partial charge on any atom is -0.396 e. The van der Waals surface area contributed by atoms with Crippen LogP contribution >= 0.6 is 0 Å². The summed E-state index contributed by atoms with van der Waals surface area (Å²) in [5.41, 5.74) is 1.15. The summed E-state index contributed by atoms with van der Waals surface area (Å²) in [5.74, 6) is 1.68. The summed E-state index contributed by atoms with van der Waals surface area (Å²) in [6.45, 7) is 2.17. The maximum atomic E-state index is 9.27. The van der Waals surface area contributed by atoms with Crippen molar-refractivity contribution >= 4 is 0 Å². The van der Waals surface area contributed by atoms with Crippen LogP contribution in [0.15, 0.2) is 34.9 Å². The smallest absolute Gasteiger partial charge is 0.229 e. The summed E-state index contributed by atoms with van der Waals surface area (Å²) in [4.78, 5) is 4.50. The van der Waals surface area contributed by atoms with Gasteiger partial charge in [-0.05, 0) is 24.8 Å². The molecule has 1 fully saturated rings. The third kappa shape index (κ3) is 4.37. The van der Waals surface area contributed by atoms with Gasteiger partial charge in [-0.1, -0.05) is 35.5 Å². The maximum Gasteiger partial charge on any atom is 0.229 e. The van der Waals surface area contributed by atoms with Crippen LogP contribution in [0.2, 0.25) is 0 Å². The molecule has 0 amide bonds. The number of ether oxygens (including phenoxy) is 1. The lowest BCUT2D eigenvalue weighted by molar-refractivity contribution is 0.0778. The zero-order valence-electron chi connectivity index (χ0n) is 13.1. The van der Waals surface area contributed by atoms with Crippen LogP contribution in [0.3, 0.4) is 0 Å². The molecular weight excluding hydrogens is 294 g/mol. The number of aromatic nitrogens is 2. The van der Waals surface area contributed by atoms with Gasteiger partial charge in [0.25, 0.3) is 0 Å². The Morgan fingerprint density at radius 2 is 2.00 bits per heavy atom. The number of aliphatic hydroxyl groups is 1. The average Bonchev–Trinajstić information content (AvgIpc) is 3.09. The van der Waals surface area contributed by atoms with Gasteiger partial charge in [0.05, 0.1) is 6.54 Å². The fourth-order valence-electron chi connectivity index (χ4n) is 2.87. The minimum absolute atomic E-state index is 0.0752. The third-order valence-corrected chi connectivity index (χ3v) is 4.18. The van der Waals surface area contributed by atoms with Gasteiger partial charge in [-0.2, -0.15) is 4.98 Å². The highest BCUT2D eigenvalue weighted by Crippen LogP contribution is 2.25. The van der Waals surface area contributed by atoms with E-state index in [9.17, 15) is 5.11 Å². The summed E-state index contributed by atoms with van der Waals surface area (Å²) in [7, 11) is 0. The Morgan fingerprint density at radius 3 is 2.74 bits per heavy atom. The van der Waals surface area contributed by atoms with Crippen LogP contribution in [0.25, 0.3) is 0 Å². The first-order valence-electron chi connectivity index (χ1n) is 8.16. The molecule has 3 rings (SSSR count). The molecule has 1 atom stereocenters. The van der Waals surface area contributed by atoms with Gasteiger partial charge in [-0.25, -0.2) is 0 Å². The number of hydrogen-bond donors (Lipinski definition) is 2. The van der Waals surface area contributed by atoms with Crippen molar-refractivity contribution in [3.05, 3.63) is 47.6 Å². The van der Waals surface area contributed by atoms with E-state index < -0.39 is 0 Å². The van der Waals surface area contributed by atoms with Gasteiger partial charge < -0.3 is 19.7 Å². The van der Waals surface area contributed by atoms with E-state index in [2.05, 4.69) is 27.6 Å². The monoisotopic (exact) mass is 317 g/mol. The Hall–Kier alpha value is -1.76. The van der Waals surface area contributed by atoms with Crippen LogP contribution in [0, 0.1) is 0 Å². The third-order valence-electron chi connectivity index (χ3n) is 4.18. The second kappa shape index (κ2) is 8.19. The van der Waals surface area contributed by atoms with Gasteiger partial charge >= 0.3 is 0 Å². The highest BCUT2D eigenvalue weighted by molar-refractivity contribution is 5.18. The van der Waals surface area contributed by atoms with Crippen molar-refractivity contribution < 1.29 is 14.4 Å². The molecule has 1 unspecified atom stereocenters. The minimum atomic E-state index is 0.0752. The number of aliphatic hydroxyl groups excluding tert-OH is 1. The molecule has 2 N–H and O–H groups in total. The van der Waals surface area contributed by atoms with Crippen molar-refractivity contribution in [1.82, 2.24) is 15.5 Å². The van der Waals surface area contributed by atoms with Gasteiger partial charge in [0.15, 0.2) is 5.82 Å². The molecule has 2 heterocycles. The summed E-state index contributed by atoms with van der Waals surface area (Å²) in [6.07, 6.45) is 2.52. The maximum absolute atomic E-state index is 9.27. The lowest BCUT2D eigenvalue weighted by atomic mass is 10.0. The Kier molecular flexibility index (Phi) is 5.74.